The number of carboxylic acid groups (broad SMARTS) is 1. The number of aromatic carboxylic acids is 1. The van der Waals surface area contributed by atoms with Crippen LogP contribution in [0.4, 0.5) is 0 Å². The highest BCUT2D eigenvalue weighted by molar-refractivity contribution is 14.1. The fourth-order valence-electron chi connectivity index (χ4n) is 2.16. The topological polar surface area (TPSA) is 45.5 Å². The number of carbonyl (C=O) groups is 1. The molecule has 1 aromatic heterocycles. The molecule has 0 aliphatic heterocycles. The average molecular weight is 364 g/mol. The Morgan fingerprint density at radius 3 is 2.56 bits per heavy atom. The quantitative estimate of drug-likeness (QED) is 0.790. The molecule has 1 rings (SSSR count). The minimum atomic E-state index is -0.856. The summed E-state index contributed by atoms with van der Waals surface area (Å²) < 4.78 is 2.88. The zero-order valence-corrected chi connectivity index (χ0v) is 13.5. The Morgan fingerprint density at radius 1 is 1.50 bits per heavy atom. The standard InChI is InChI=1S/C13H21IN2O2/c1-9(2)5-11(8-15(3)4)16-7-10(14)6-12(16)13(17)18/h6-7,9,11H,5,8H2,1-4H3,(H,17,18). The van der Waals surface area contributed by atoms with Gasteiger partial charge in [-0.1, -0.05) is 13.8 Å². The number of halogens is 1. The van der Waals surface area contributed by atoms with Crippen LogP contribution in [0.15, 0.2) is 12.3 Å². The highest BCUT2D eigenvalue weighted by Gasteiger charge is 2.20. The van der Waals surface area contributed by atoms with Crippen molar-refractivity contribution < 1.29 is 9.90 Å². The van der Waals surface area contributed by atoms with Gasteiger partial charge in [-0.3, -0.25) is 0 Å². The minimum Gasteiger partial charge on any atom is -0.477 e. The summed E-state index contributed by atoms with van der Waals surface area (Å²) in [5.41, 5.74) is 0.381. The molecule has 0 saturated carbocycles. The molecule has 1 unspecified atom stereocenters. The Balaban J connectivity index is 3.07. The Kier molecular flexibility index (Phi) is 5.65. The molecule has 1 aromatic rings. The molecule has 1 N–H and O–H groups in total. The molecular weight excluding hydrogens is 343 g/mol. The van der Waals surface area contributed by atoms with Gasteiger partial charge in [0, 0.05) is 22.4 Å². The number of likely N-dealkylation sites (N-methyl/N-ethyl adjacent to an activating group) is 1. The lowest BCUT2D eigenvalue weighted by atomic mass is 10.0. The first kappa shape index (κ1) is 15.5. The van der Waals surface area contributed by atoms with Crippen molar-refractivity contribution in [1.29, 1.82) is 0 Å². The van der Waals surface area contributed by atoms with E-state index in [4.69, 9.17) is 0 Å². The van der Waals surface area contributed by atoms with Crippen LogP contribution in [0.5, 0.6) is 0 Å². The van der Waals surface area contributed by atoms with Gasteiger partial charge < -0.3 is 14.6 Å². The lowest BCUT2D eigenvalue weighted by Gasteiger charge is -2.25. The molecule has 1 heterocycles. The van der Waals surface area contributed by atoms with E-state index in [0.29, 0.717) is 11.6 Å². The third-order valence-corrected chi connectivity index (χ3v) is 3.34. The van der Waals surface area contributed by atoms with Crippen LogP contribution < -0.4 is 0 Å². The molecule has 0 radical (unpaired) electrons. The molecule has 0 spiro atoms. The van der Waals surface area contributed by atoms with Crippen molar-refractivity contribution in [2.75, 3.05) is 20.6 Å². The van der Waals surface area contributed by atoms with Gasteiger partial charge in [0.15, 0.2) is 0 Å². The van der Waals surface area contributed by atoms with Crippen LogP contribution in [0.2, 0.25) is 0 Å². The van der Waals surface area contributed by atoms with Gasteiger partial charge in [0.05, 0.1) is 0 Å². The van der Waals surface area contributed by atoms with Crippen LogP contribution in [-0.2, 0) is 0 Å². The van der Waals surface area contributed by atoms with Gasteiger partial charge in [-0.15, -0.1) is 0 Å². The summed E-state index contributed by atoms with van der Waals surface area (Å²) >= 11 is 2.16. The Hall–Kier alpha value is -0.560. The van der Waals surface area contributed by atoms with E-state index in [1.54, 1.807) is 6.07 Å². The molecule has 4 nitrogen and oxygen atoms in total. The summed E-state index contributed by atoms with van der Waals surface area (Å²) in [5, 5.41) is 9.26. The van der Waals surface area contributed by atoms with Crippen LogP contribution in [0.1, 0.15) is 36.8 Å². The fourth-order valence-corrected chi connectivity index (χ4v) is 2.76. The molecule has 0 fully saturated rings. The molecule has 18 heavy (non-hydrogen) atoms. The predicted molar refractivity (Wildman–Crippen MR) is 81.2 cm³/mol. The normalized spacial score (nSPS) is 13.3. The number of carboxylic acids is 1. The van der Waals surface area contributed by atoms with E-state index in [-0.39, 0.29) is 6.04 Å². The highest BCUT2D eigenvalue weighted by atomic mass is 127. The molecule has 0 aliphatic rings. The zero-order chi connectivity index (χ0) is 13.9. The molecule has 5 heteroatoms. The first-order valence-electron chi connectivity index (χ1n) is 6.06. The third-order valence-electron chi connectivity index (χ3n) is 2.75. The van der Waals surface area contributed by atoms with Crippen molar-refractivity contribution in [2.24, 2.45) is 5.92 Å². The summed E-state index contributed by atoms with van der Waals surface area (Å²) in [6.07, 6.45) is 2.91. The van der Waals surface area contributed by atoms with Crippen LogP contribution in [0, 0.1) is 9.49 Å². The average Bonchev–Trinajstić information content (AvgIpc) is 2.58. The van der Waals surface area contributed by atoms with Crippen molar-refractivity contribution in [3.63, 3.8) is 0 Å². The lowest BCUT2D eigenvalue weighted by molar-refractivity contribution is 0.0680. The Labute approximate surface area is 122 Å². The molecule has 0 bridgehead atoms. The van der Waals surface area contributed by atoms with Crippen molar-refractivity contribution >= 4 is 28.6 Å². The maximum absolute atomic E-state index is 11.3. The molecule has 102 valence electrons. The smallest absolute Gasteiger partial charge is 0.352 e. The van der Waals surface area contributed by atoms with E-state index in [2.05, 4.69) is 41.3 Å². The van der Waals surface area contributed by atoms with E-state index in [9.17, 15) is 9.90 Å². The monoisotopic (exact) mass is 364 g/mol. The SMILES string of the molecule is CC(C)CC(CN(C)C)n1cc(I)cc1C(=O)O. The predicted octanol–water partition coefficient (Wildman–Crippen LogP) is 2.94. The first-order chi connectivity index (χ1) is 8.31. The van der Waals surface area contributed by atoms with E-state index < -0.39 is 5.97 Å². The molecule has 0 aromatic carbocycles. The summed E-state index contributed by atoms with van der Waals surface area (Å²) in [7, 11) is 4.03. The van der Waals surface area contributed by atoms with Gasteiger partial charge in [-0.05, 0) is 55.1 Å². The minimum absolute atomic E-state index is 0.203. The van der Waals surface area contributed by atoms with Crippen LogP contribution >= 0.6 is 22.6 Å². The Bertz CT molecular complexity index is 403. The second kappa shape index (κ2) is 6.56. The maximum atomic E-state index is 11.3. The number of nitrogens with zero attached hydrogens (tertiary/aromatic N) is 2. The summed E-state index contributed by atoms with van der Waals surface area (Å²) in [6.45, 7) is 5.18. The lowest BCUT2D eigenvalue weighted by Crippen LogP contribution is -2.27. The summed E-state index contributed by atoms with van der Waals surface area (Å²) in [4.78, 5) is 13.4. The largest absolute Gasteiger partial charge is 0.477 e. The molecule has 0 amide bonds. The second-order valence-corrected chi connectivity index (χ2v) is 6.55. The first-order valence-corrected chi connectivity index (χ1v) is 7.14. The number of aromatic nitrogens is 1. The zero-order valence-electron chi connectivity index (χ0n) is 11.4. The van der Waals surface area contributed by atoms with Crippen molar-refractivity contribution in [1.82, 2.24) is 9.47 Å². The van der Waals surface area contributed by atoms with Gasteiger partial charge in [-0.25, -0.2) is 4.79 Å². The van der Waals surface area contributed by atoms with Crippen LogP contribution in [0.3, 0.4) is 0 Å². The molecule has 1 atom stereocenters. The van der Waals surface area contributed by atoms with Gasteiger partial charge in [-0.2, -0.15) is 0 Å². The summed E-state index contributed by atoms with van der Waals surface area (Å²) in [6, 6.07) is 1.93. The Morgan fingerprint density at radius 2 is 2.11 bits per heavy atom. The van der Waals surface area contributed by atoms with Crippen molar-refractivity contribution in [3.05, 3.63) is 21.5 Å². The van der Waals surface area contributed by atoms with E-state index in [0.717, 1.165) is 16.5 Å². The van der Waals surface area contributed by atoms with Gasteiger partial charge in [0.25, 0.3) is 0 Å². The van der Waals surface area contributed by atoms with Gasteiger partial charge in [0.2, 0.25) is 0 Å². The number of rotatable bonds is 6. The maximum Gasteiger partial charge on any atom is 0.352 e. The van der Waals surface area contributed by atoms with Crippen LogP contribution in [-0.4, -0.2) is 41.2 Å². The molecular formula is C13H21IN2O2. The number of hydrogen-bond donors (Lipinski definition) is 1. The molecule has 0 aliphatic carbocycles. The summed E-state index contributed by atoms with van der Waals surface area (Å²) in [5.74, 6) is -0.318. The van der Waals surface area contributed by atoms with Gasteiger partial charge >= 0.3 is 5.97 Å². The van der Waals surface area contributed by atoms with Crippen molar-refractivity contribution in [2.45, 2.75) is 26.3 Å². The fraction of sp³-hybridized carbons (Fsp3) is 0.615. The number of hydrogen-bond acceptors (Lipinski definition) is 2. The van der Waals surface area contributed by atoms with Gasteiger partial charge in [0.1, 0.15) is 5.69 Å². The van der Waals surface area contributed by atoms with E-state index in [1.807, 2.05) is 24.9 Å². The van der Waals surface area contributed by atoms with E-state index >= 15 is 0 Å². The second-order valence-electron chi connectivity index (χ2n) is 5.30. The highest BCUT2D eigenvalue weighted by Crippen LogP contribution is 2.23. The van der Waals surface area contributed by atoms with E-state index in [1.165, 1.54) is 0 Å². The van der Waals surface area contributed by atoms with Crippen LogP contribution in [0.25, 0.3) is 0 Å². The molecule has 0 saturated heterocycles. The van der Waals surface area contributed by atoms with Crippen molar-refractivity contribution in [3.8, 4) is 0 Å². The third kappa shape index (κ3) is 4.28.